The van der Waals surface area contributed by atoms with Crippen LogP contribution in [0.3, 0.4) is 0 Å². The fourth-order valence-corrected chi connectivity index (χ4v) is 2.65. The zero-order valence-corrected chi connectivity index (χ0v) is 13.1. The summed E-state index contributed by atoms with van der Waals surface area (Å²) in [6.45, 7) is 0.394. The van der Waals surface area contributed by atoms with Crippen LogP contribution >= 0.6 is 0 Å². The maximum absolute atomic E-state index is 13.3. The van der Waals surface area contributed by atoms with E-state index < -0.39 is 5.82 Å². The summed E-state index contributed by atoms with van der Waals surface area (Å²) in [5, 5.41) is 5.30. The highest BCUT2D eigenvalue weighted by molar-refractivity contribution is 5.85. The first-order valence-electron chi connectivity index (χ1n) is 8.08. The van der Waals surface area contributed by atoms with Crippen LogP contribution in [0.15, 0.2) is 24.3 Å². The molecule has 0 aromatic heterocycles. The smallest absolute Gasteiger partial charge is 0.239 e. The van der Waals surface area contributed by atoms with Crippen molar-refractivity contribution < 1.29 is 18.7 Å². The van der Waals surface area contributed by atoms with E-state index in [2.05, 4.69) is 10.6 Å². The average Bonchev–Trinajstić information content (AvgIpc) is 2.59. The molecule has 2 N–H and O–H groups in total. The molecule has 0 bridgehead atoms. The molecule has 5 nitrogen and oxygen atoms in total. The second-order valence-corrected chi connectivity index (χ2v) is 5.68. The number of carbonyl (C=O) groups is 2. The molecule has 2 amide bonds. The molecule has 1 aromatic rings. The molecule has 1 aliphatic carbocycles. The molecule has 1 aromatic carbocycles. The number of para-hydroxylation sites is 1. The molecule has 1 aliphatic rings. The highest BCUT2D eigenvalue weighted by Gasteiger charge is 2.21. The Balaban J connectivity index is 1.58. The molecule has 2 rings (SSSR count). The quantitative estimate of drug-likeness (QED) is 0.755. The van der Waals surface area contributed by atoms with Crippen molar-refractivity contribution >= 4 is 11.8 Å². The van der Waals surface area contributed by atoms with Crippen LogP contribution in [0.4, 0.5) is 4.39 Å². The Morgan fingerprint density at radius 1 is 1.13 bits per heavy atom. The second kappa shape index (κ2) is 9.12. The summed E-state index contributed by atoms with van der Waals surface area (Å²) < 4.78 is 18.5. The average molecular weight is 322 g/mol. The summed E-state index contributed by atoms with van der Waals surface area (Å²) in [4.78, 5) is 23.6. The van der Waals surface area contributed by atoms with Gasteiger partial charge in [0.2, 0.25) is 11.8 Å². The number of halogens is 1. The Bertz CT molecular complexity index is 530. The topological polar surface area (TPSA) is 67.4 Å². The molecule has 23 heavy (non-hydrogen) atoms. The first kappa shape index (κ1) is 17.2. The summed E-state index contributed by atoms with van der Waals surface area (Å²) in [6, 6.07) is 6.10. The van der Waals surface area contributed by atoms with Crippen LogP contribution < -0.4 is 15.4 Å². The summed E-state index contributed by atoms with van der Waals surface area (Å²) >= 11 is 0. The molecule has 0 spiro atoms. The second-order valence-electron chi connectivity index (χ2n) is 5.68. The summed E-state index contributed by atoms with van der Waals surface area (Å²) in [6.07, 6.45) is 5.16. The first-order valence-corrected chi connectivity index (χ1v) is 8.08. The van der Waals surface area contributed by atoms with E-state index in [0.29, 0.717) is 0 Å². The predicted molar refractivity (Wildman–Crippen MR) is 84.5 cm³/mol. The highest BCUT2D eigenvalue weighted by atomic mass is 19.1. The van der Waals surface area contributed by atoms with Gasteiger partial charge in [-0.15, -0.1) is 0 Å². The lowest BCUT2D eigenvalue weighted by molar-refractivity contribution is -0.129. The van der Waals surface area contributed by atoms with Crippen LogP contribution in [-0.4, -0.2) is 31.5 Å². The van der Waals surface area contributed by atoms with Gasteiger partial charge in [0, 0.05) is 5.92 Å². The molecule has 0 aliphatic heterocycles. The van der Waals surface area contributed by atoms with Crippen LogP contribution in [0.25, 0.3) is 0 Å². The van der Waals surface area contributed by atoms with Gasteiger partial charge in [-0.25, -0.2) is 4.39 Å². The van der Waals surface area contributed by atoms with Crippen LogP contribution in [0.2, 0.25) is 0 Å². The zero-order valence-electron chi connectivity index (χ0n) is 13.1. The minimum atomic E-state index is -0.432. The molecule has 6 heteroatoms. The fraction of sp³-hybridized carbons (Fsp3) is 0.529. The minimum absolute atomic E-state index is 0.0327. The molecule has 0 atom stereocenters. The maximum Gasteiger partial charge on any atom is 0.239 e. The number of nitrogens with one attached hydrogen (secondary N) is 2. The molecule has 1 fully saturated rings. The molecule has 0 radical (unpaired) electrons. The van der Waals surface area contributed by atoms with Crippen molar-refractivity contribution in [2.45, 2.75) is 32.1 Å². The summed E-state index contributed by atoms with van der Waals surface area (Å²) in [7, 11) is 0. The third kappa shape index (κ3) is 5.88. The van der Waals surface area contributed by atoms with Gasteiger partial charge in [0.25, 0.3) is 0 Å². The summed E-state index contributed by atoms with van der Waals surface area (Å²) in [5.41, 5.74) is 0. The van der Waals surface area contributed by atoms with Gasteiger partial charge in [0.05, 0.1) is 13.1 Å². The molecule has 0 saturated heterocycles. The SMILES string of the molecule is O=C(CNC(=O)C1CCCCC1)NCCOc1ccccc1F. The van der Waals surface area contributed by atoms with E-state index in [1.54, 1.807) is 12.1 Å². The number of hydrogen-bond donors (Lipinski definition) is 2. The van der Waals surface area contributed by atoms with Crippen LogP contribution in [0.1, 0.15) is 32.1 Å². The van der Waals surface area contributed by atoms with E-state index in [1.165, 1.54) is 18.6 Å². The van der Waals surface area contributed by atoms with E-state index in [4.69, 9.17) is 4.74 Å². The monoisotopic (exact) mass is 322 g/mol. The maximum atomic E-state index is 13.3. The lowest BCUT2D eigenvalue weighted by atomic mass is 9.89. The number of benzene rings is 1. The van der Waals surface area contributed by atoms with Crippen molar-refractivity contribution in [3.05, 3.63) is 30.1 Å². The summed E-state index contributed by atoms with van der Waals surface area (Å²) in [5.74, 6) is -0.541. The Labute approximate surface area is 135 Å². The highest BCUT2D eigenvalue weighted by Crippen LogP contribution is 2.23. The molecular formula is C17H23FN2O3. The van der Waals surface area contributed by atoms with Crippen LogP contribution in [0, 0.1) is 11.7 Å². The first-order chi connectivity index (χ1) is 11.2. The van der Waals surface area contributed by atoms with E-state index in [9.17, 15) is 14.0 Å². The van der Waals surface area contributed by atoms with Gasteiger partial charge in [-0.05, 0) is 25.0 Å². The predicted octanol–water partition coefficient (Wildman–Crippen LogP) is 2.02. The van der Waals surface area contributed by atoms with Gasteiger partial charge in [-0.1, -0.05) is 31.4 Å². The van der Waals surface area contributed by atoms with Gasteiger partial charge < -0.3 is 15.4 Å². The van der Waals surface area contributed by atoms with E-state index in [0.717, 1.165) is 25.7 Å². The molecule has 0 unspecified atom stereocenters. The van der Waals surface area contributed by atoms with Gasteiger partial charge in [-0.3, -0.25) is 9.59 Å². The van der Waals surface area contributed by atoms with Crippen LogP contribution in [-0.2, 0) is 9.59 Å². The standard InChI is InChI=1S/C17H23FN2O3/c18-14-8-4-5-9-15(14)23-11-10-19-16(21)12-20-17(22)13-6-2-1-3-7-13/h4-5,8-9,13H,1-3,6-7,10-12H2,(H,19,21)(H,20,22). The van der Waals surface area contributed by atoms with E-state index >= 15 is 0 Å². The van der Waals surface area contributed by atoms with Crippen molar-refractivity contribution in [3.8, 4) is 5.75 Å². The van der Waals surface area contributed by atoms with Crippen molar-refractivity contribution in [2.75, 3.05) is 19.7 Å². The Kier molecular flexibility index (Phi) is 6.84. The molecule has 0 heterocycles. The van der Waals surface area contributed by atoms with Crippen molar-refractivity contribution in [3.63, 3.8) is 0 Å². The van der Waals surface area contributed by atoms with Gasteiger partial charge in [0.15, 0.2) is 11.6 Å². The van der Waals surface area contributed by atoms with Gasteiger partial charge in [0.1, 0.15) is 6.61 Å². The van der Waals surface area contributed by atoms with E-state index in [-0.39, 0.29) is 43.2 Å². The number of amides is 2. The van der Waals surface area contributed by atoms with E-state index in [1.807, 2.05) is 0 Å². The fourth-order valence-electron chi connectivity index (χ4n) is 2.65. The van der Waals surface area contributed by atoms with Crippen molar-refractivity contribution in [1.29, 1.82) is 0 Å². The minimum Gasteiger partial charge on any atom is -0.489 e. The molecule has 1 saturated carbocycles. The number of hydrogen-bond acceptors (Lipinski definition) is 3. The van der Waals surface area contributed by atoms with Crippen LogP contribution in [0.5, 0.6) is 5.75 Å². The largest absolute Gasteiger partial charge is 0.489 e. The molecular weight excluding hydrogens is 299 g/mol. The Hall–Kier alpha value is -2.11. The van der Waals surface area contributed by atoms with Gasteiger partial charge >= 0.3 is 0 Å². The number of ether oxygens (including phenoxy) is 1. The third-order valence-electron chi connectivity index (χ3n) is 3.92. The zero-order chi connectivity index (χ0) is 16.5. The lowest BCUT2D eigenvalue weighted by Gasteiger charge is -2.20. The number of rotatable bonds is 7. The van der Waals surface area contributed by atoms with Crippen molar-refractivity contribution in [2.24, 2.45) is 5.92 Å². The molecule has 126 valence electrons. The van der Waals surface area contributed by atoms with Crippen molar-refractivity contribution in [1.82, 2.24) is 10.6 Å². The van der Waals surface area contributed by atoms with Gasteiger partial charge in [-0.2, -0.15) is 0 Å². The Morgan fingerprint density at radius 3 is 2.61 bits per heavy atom. The Morgan fingerprint density at radius 2 is 1.87 bits per heavy atom. The normalized spacial score (nSPS) is 15.0. The number of carbonyl (C=O) groups excluding carboxylic acids is 2. The third-order valence-corrected chi connectivity index (χ3v) is 3.92. The lowest BCUT2D eigenvalue weighted by Crippen LogP contribution is -2.41.